The van der Waals surface area contributed by atoms with Crippen molar-refractivity contribution in [2.24, 2.45) is 5.10 Å². The second-order valence-corrected chi connectivity index (χ2v) is 6.34. The molecule has 0 spiro atoms. The third kappa shape index (κ3) is 3.35. The molecular formula is C17H15ClN2O2S. The molecule has 0 bridgehead atoms. The number of benzene rings is 2. The van der Waals surface area contributed by atoms with Crippen molar-refractivity contribution in [2.75, 3.05) is 6.26 Å². The largest absolute Gasteiger partial charge is 0.446 e. The summed E-state index contributed by atoms with van der Waals surface area (Å²) in [6, 6.07) is 15.1. The topological polar surface area (TPSA) is 41.9 Å². The Hall–Kier alpha value is -1.98. The first-order valence-electron chi connectivity index (χ1n) is 7.03. The van der Waals surface area contributed by atoms with Crippen molar-refractivity contribution in [1.29, 1.82) is 0 Å². The van der Waals surface area contributed by atoms with Gasteiger partial charge in [-0.1, -0.05) is 23.7 Å². The third-order valence-electron chi connectivity index (χ3n) is 3.44. The van der Waals surface area contributed by atoms with Crippen molar-refractivity contribution in [2.45, 2.75) is 18.0 Å². The van der Waals surface area contributed by atoms with E-state index in [0.717, 1.165) is 16.0 Å². The zero-order valence-corrected chi connectivity index (χ0v) is 14.3. The third-order valence-corrected chi connectivity index (χ3v) is 4.42. The van der Waals surface area contributed by atoms with Crippen molar-refractivity contribution in [3.8, 4) is 0 Å². The Kier molecular flexibility index (Phi) is 4.59. The molecule has 0 radical (unpaired) electrons. The molecule has 1 aliphatic heterocycles. The van der Waals surface area contributed by atoms with Crippen molar-refractivity contribution < 1.29 is 9.53 Å². The summed E-state index contributed by atoms with van der Waals surface area (Å²) in [4.78, 5) is 13.0. The minimum Gasteiger partial charge on any atom is -0.446 e. The number of hydrogen-bond donors (Lipinski definition) is 0. The number of ether oxygens (including phenoxy) is 1. The zero-order chi connectivity index (χ0) is 16.4. The van der Waals surface area contributed by atoms with E-state index >= 15 is 0 Å². The normalized spacial score (nSPS) is 16.9. The fourth-order valence-corrected chi connectivity index (χ4v) is 2.90. The van der Waals surface area contributed by atoms with Gasteiger partial charge in [-0.05, 0) is 42.7 Å². The second kappa shape index (κ2) is 6.64. The molecule has 2 aromatic rings. The van der Waals surface area contributed by atoms with Crippen LogP contribution in [0.25, 0.3) is 0 Å². The molecule has 0 saturated heterocycles. The Balaban J connectivity index is 1.91. The molecule has 23 heavy (non-hydrogen) atoms. The summed E-state index contributed by atoms with van der Waals surface area (Å²) in [6.07, 6.45) is 1.42. The first kappa shape index (κ1) is 15.9. The first-order valence-corrected chi connectivity index (χ1v) is 8.63. The van der Waals surface area contributed by atoms with E-state index < -0.39 is 6.23 Å². The van der Waals surface area contributed by atoms with Crippen LogP contribution in [0, 0.1) is 0 Å². The maximum atomic E-state index is 11.9. The van der Waals surface area contributed by atoms with Gasteiger partial charge in [-0.3, -0.25) is 4.79 Å². The Morgan fingerprint density at radius 2 is 2.00 bits per heavy atom. The molecule has 2 aromatic carbocycles. The van der Waals surface area contributed by atoms with Crippen LogP contribution in [0.3, 0.4) is 0 Å². The van der Waals surface area contributed by atoms with Crippen molar-refractivity contribution in [1.82, 2.24) is 5.01 Å². The number of hydrazone groups is 1. The van der Waals surface area contributed by atoms with Crippen LogP contribution >= 0.6 is 23.4 Å². The van der Waals surface area contributed by atoms with Gasteiger partial charge < -0.3 is 4.74 Å². The van der Waals surface area contributed by atoms with E-state index in [1.54, 1.807) is 23.9 Å². The van der Waals surface area contributed by atoms with Gasteiger partial charge in [-0.25, -0.2) is 0 Å². The highest BCUT2D eigenvalue weighted by Gasteiger charge is 2.33. The average Bonchev–Trinajstić information content (AvgIpc) is 3.00. The molecule has 6 heteroatoms. The number of carbonyl (C=O) groups excluding carboxylic acids is 1. The lowest BCUT2D eigenvalue weighted by atomic mass is 10.2. The highest BCUT2D eigenvalue weighted by molar-refractivity contribution is 7.98. The summed E-state index contributed by atoms with van der Waals surface area (Å²) in [5.74, 6) is 0.239. The van der Waals surface area contributed by atoms with E-state index in [4.69, 9.17) is 16.3 Å². The quantitative estimate of drug-likeness (QED) is 0.778. The van der Waals surface area contributed by atoms with Gasteiger partial charge in [0.05, 0.1) is 0 Å². The van der Waals surface area contributed by atoms with Crippen LogP contribution in [0.4, 0.5) is 0 Å². The molecule has 0 N–H and O–H groups in total. The monoisotopic (exact) mass is 346 g/mol. The fraction of sp³-hybridized carbons (Fsp3) is 0.176. The van der Waals surface area contributed by atoms with Gasteiger partial charge in [0, 0.05) is 28.0 Å². The van der Waals surface area contributed by atoms with Gasteiger partial charge in [-0.15, -0.1) is 16.9 Å². The summed E-state index contributed by atoms with van der Waals surface area (Å²) in [7, 11) is 0. The lowest BCUT2D eigenvalue weighted by molar-refractivity contribution is -0.135. The number of nitrogens with zero attached hydrogens (tertiary/aromatic N) is 2. The fourth-order valence-electron chi connectivity index (χ4n) is 2.29. The number of rotatable bonds is 3. The van der Waals surface area contributed by atoms with Gasteiger partial charge in [0.2, 0.25) is 18.0 Å². The van der Waals surface area contributed by atoms with E-state index in [2.05, 4.69) is 5.10 Å². The molecule has 1 atom stereocenters. The summed E-state index contributed by atoms with van der Waals surface area (Å²) >= 11 is 7.70. The average molecular weight is 347 g/mol. The highest BCUT2D eigenvalue weighted by atomic mass is 35.5. The summed E-state index contributed by atoms with van der Waals surface area (Å²) < 4.78 is 5.93. The van der Waals surface area contributed by atoms with Gasteiger partial charge in [0.15, 0.2) is 0 Å². The van der Waals surface area contributed by atoms with Crippen LogP contribution in [-0.4, -0.2) is 23.1 Å². The molecule has 0 aromatic heterocycles. The molecule has 0 aliphatic carbocycles. The molecule has 4 nitrogen and oxygen atoms in total. The molecule has 1 heterocycles. The summed E-state index contributed by atoms with van der Waals surface area (Å²) in [5.41, 5.74) is 1.62. The summed E-state index contributed by atoms with van der Waals surface area (Å²) in [6.45, 7) is 1.46. The Bertz CT molecular complexity index is 761. The maximum absolute atomic E-state index is 11.9. The number of thioether (sulfide) groups is 1. The van der Waals surface area contributed by atoms with E-state index in [0.29, 0.717) is 10.9 Å². The van der Waals surface area contributed by atoms with E-state index in [-0.39, 0.29) is 5.91 Å². The van der Waals surface area contributed by atoms with Crippen LogP contribution in [0.15, 0.2) is 58.5 Å². The standard InChI is InChI=1S/C17H15ClN2O2S/c1-11(21)20-17(13-4-3-5-14(18)10-13)22-16(19-20)12-6-8-15(23-2)9-7-12/h3-10,17H,1-2H3/t17-/m0/s1. The molecule has 1 aliphatic rings. The first-order chi connectivity index (χ1) is 11.1. The number of halogens is 1. The van der Waals surface area contributed by atoms with Gasteiger partial charge in [-0.2, -0.15) is 5.01 Å². The smallest absolute Gasteiger partial charge is 0.243 e. The Labute approximate surface area is 144 Å². The number of amides is 1. The van der Waals surface area contributed by atoms with Gasteiger partial charge in [0.1, 0.15) is 0 Å². The lowest BCUT2D eigenvalue weighted by Crippen LogP contribution is -2.25. The van der Waals surface area contributed by atoms with Crippen LogP contribution in [0.1, 0.15) is 24.3 Å². The Morgan fingerprint density at radius 3 is 2.61 bits per heavy atom. The van der Waals surface area contributed by atoms with E-state index in [1.807, 2.05) is 42.7 Å². The molecular weight excluding hydrogens is 332 g/mol. The number of hydrogen-bond acceptors (Lipinski definition) is 4. The molecule has 0 saturated carbocycles. The van der Waals surface area contributed by atoms with Gasteiger partial charge >= 0.3 is 0 Å². The van der Waals surface area contributed by atoms with E-state index in [1.165, 1.54) is 11.9 Å². The SMILES string of the molecule is CSc1ccc(C2=NN(C(C)=O)[C@H](c3cccc(Cl)c3)O2)cc1. The van der Waals surface area contributed by atoms with Crippen LogP contribution in [-0.2, 0) is 9.53 Å². The number of carbonyl (C=O) groups is 1. The van der Waals surface area contributed by atoms with Gasteiger partial charge in [0.25, 0.3) is 0 Å². The van der Waals surface area contributed by atoms with Crippen molar-refractivity contribution in [3.05, 3.63) is 64.7 Å². The molecule has 0 fully saturated rings. The maximum Gasteiger partial charge on any atom is 0.243 e. The van der Waals surface area contributed by atoms with E-state index in [9.17, 15) is 4.79 Å². The lowest BCUT2D eigenvalue weighted by Gasteiger charge is -2.19. The van der Waals surface area contributed by atoms with Crippen LogP contribution in [0.5, 0.6) is 0 Å². The predicted molar refractivity (Wildman–Crippen MR) is 92.6 cm³/mol. The molecule has 1 amide bonds. The highest BCUT2D eigenvalue weighted by Crippen LogP contribution is 2.31. The second-order valence-electron chi connectivity index (χ2n) is 5.02. The predicted octanol–water partition coefficient (Wildman–Crippen LogP) is 4.30. The molecule has 3 rings (SSSR count). The Morgan fingerprint density at radius 1 is 1.26 bits per heavy atom. The minimum atomic E-state index is -0.596. The summed E-state index contributed by atoms with van der Waals surface area (Å²) in [5, 5.41) is 6.26. The molecule has 118 valence electrons. The van der Waals surface area contributed by atoms with Crippen LogP contribution < -0.4 is 0 Å². The zero-order valence-electron chi connectivity index (χ0n) is 12.7. The van der Waals surface area contributed by atoms with Crippen molar-refractivity contribution in [3.63, 3.8) is 0 Å². The van der Waals surface area contributed by atoms with Crippen molar-refractivity contribution >= 4 is 35.2 Å². The minimum absolute atomic E-state index is 0.189. The molecule has 0 unspecified atom stereocenters. The van der Waals surface area contributed by atoms with Crippen LogP contribution in [0.2, 0.25) is 5.02 Å².